The van der Waals surface area contributed by atoms with Crippen LogP contribution < -0.4 is 10.6 Å². The summed E-state index contributed by atoms with van der Waals surface area (Å²) in [5, 5.41) is 14.0. The molecular formula is C15H17N5O2S. The van der Waals surface area contributed by atoms with Crippen LogP contribution in [0.5, 0.6) is 0 Å². The van der Waals surface area contributed by atoms with E-state index in [9.17, 15) is 9.59 Å². The number of aromatic nitrogens is 3. The van der Waals surface area contributed by atoms with E-state index < -0.39 is 0 Å². The summed E-state index contributed by atoms with van der Waals surface area (Å²) in [5.41, 5.74) is 0.699. The molecule has 2 aromatic rings. The number of anilines is 2. The van der Waals surface area contributed by atoms with Gasteiger partial charge in [-0.25, -0.2) is 0 Å². The Morgan fingerprint density at radius 2 is 2.04 bits per heavy atom. The summed E-state index contributed by atoms with van der Waals surface area (Å²) in [6.07, 6.45) is 4.43. The fourth-order valence-electron chi connectivity index (χ4n) is 1.71. The van der Waals surface area contributed by atoms with E-state index in [-0.39, 0.29) is 11.8 Å². The summed E-state index contributed by atoms with van der Waals surface area (Å²) < 4.78 is 0. The molecule has 0 spiro atoms. The molecule has 0 aliphatic rings. The third-order valence-electron chi connectivity index (χ3n) is 2.69. The molecule has 2 aromatic heterocycles. The average Bonchev–Trinajstić information content (AvgIpc) is 2.53. The monoisotopic (exact) mass is 331 g/mol. The fourth-order valence-corrected chi connectivity index (χ4v) is 2.47. The number of nitrogens with one attached hydrogen (secondary N) is 2. The van der Waals surface area contributed by atoms with Gasteiger partial charge in [-0.1, -0.05) is 0 Å². The number of thioether (sulfide) groups is 1. The highest BCUT2D eigenvalue weighted by atomic mass is 32.2. The summed E-state index contributed by atoms with van der Waals surface area (Å²) in [6, 6.07) is 7.06. The molecule has 23 heavy (non-hydrogen) atoms. The predicted molar refractivity (Wildman–Crippen MR) is 89.2 cm³/mol. The van der Waals surface area contributed by atoms with Crippen LogP contribution in [0.25, 0.3) is 0 Å². The highest BCUT2D eigenvalue weighted by Gasteiger charge is 2.04. The van der Waals surface area contributed by atoms with Crippen molar-refractivity contribution in [3.63, 3.8) is 0 Å². The number of hydrogen-bond donors (Lipinski definition) is 2. The minimum Gasteiger partial charge on any atom is -0.325 e. The lowest BCUT2D eigenvalue weighted by atomic mass is 10.3. The Labute approximate surface area is 138 Å². The molecule has 0 bridgehead atoms. The molecule has 0 unspecified atom stereocenters. The molecule has 0 saturated carbocycles. The second-order valence-corrected chi connectivity index (χ2v) is 5.80. The Hall–Kier alpha value is -2.48. The van der Waals surface area contributed by atoms with Gasteiger partial charge in [-0.2, -0.15) is 0 Å². The molecule has 0 aromatic carbocycles. The van der Waals surface area contributed by atoms with Gasteiger partial charge in [-0.05, 0) is 30.7 Å². The van der Waals surface area contributed by atoms with Crippen molar-refractivity contribution < 1.29 is 9.59 Å². The number of carbonyl (C=O) groups is 2. The molecule has 120 valence electrons. The minimum atomic E-state index is -0.181. The van der Waals surface area contributed by atoms with Gasteiger partial charge in [0.1, 0.15) is 5.03 Å². The zero-order valence-corrected chi connectivity index (χ0v) is 13.5. The topological polar surface area (TPSA) is 96.9 Å². The van der Waals surface area contributed by atoms with Crippen LogP contribution in [0, 0.1) is 0 Å². The van der Waals surface area contributed by atoms with Crippen LogP contribution in [-0.4, -0.2) is 32.7 Å². The van der Waals surface area contributed by atoms with Crippen molar-refractivity contribution in [2.75, 3.05) is 16.4 Å². The lowest BCUT2D eigenvalue weighted by molar-refractivity contribution is -0.116. The Balaban J connectivity index is 1.67. The van der Waals surface area contributed by atoms with Crippen LogP contribution in [0.4, 0.5) is 11.5 Å². The zero-order valence-electron chi connectivity index (χ0n) is 12.7. The maximum atomic E-state index is 11.8. The fraction of sp³-hybridized carbons (Fsp3) is 0.267. The number of rotatable bonds is 7. The molecule has 0 aliphatic carbocycles. The van der Waals surface area contributed by atoms with E-state index in [0.29, 0.717) is 17.9 Å². The summed E-state index contributed by atoms with van der Waals surface area (Å²) in [7, 11) is 0. The van der Waals surface area contributed by atoms with Gasteiger partial charge in [0.05, 0.1) is 11.9 Å². The van der Waals surface area contributed by atoms with Gasteiger partial charge in [0.2, 0.25) is 11.8 Å². The summed E-state index contributed by atoms with van der Waals surface area (Å²) >= 11 is 1.52. The summed E-state index contributed by atoms with van der Waals surface area (Å²) in [6.45, 7) is 1.42. The van der Waals surface area contributed by atoms with Gasteiger partial charge in [0.15, 0.2) is 5.82 Å². The maximum absolute atomic E-state index is 11.8. The first-order valence-electron chi connectivity index (χ1n) is 7.07. The van der Waals surface area contributed by atoms with Crippen LogP contribution in [-0.2, 0) is 9.59 Å². The van der Waals surface area contributed by atoms with Gasteiger partial charge in [-0.15, -0.1) is 22.0 Å². The summed E-state index contributed by atoms with van der Waals surface area (Å²) in [5.74, 6) is 0.969. The number of carbonyl (C=O) groups excluding carboxylic acids is 2. The van der Waals surface area contributed by atoms with Crippen LogP contribution in [0.15, 0.2) is 41.7 Å². The SMILES string of the molecule is CC(=O)Nc1ccc(SCCCC(=O)Nc2cccnc2)nn1. The number of nitrogens with zero attached hydrogens (tertiary/aromatic N) is 3. The minimum absolute atomic E-state index is 0.0364. The molecule has 0 fully saturated rings. The average molecular weight is 331 g/mol. The van der Waals surface area contributed by atoms with Gasteiger partial charge in [0.25, 0.3) is 0 Å². The Kier molecular flexibility index (Phi) is 6.49. The third kappa shape index (κ3) is 6.43. The van der Waals surface area contributed by atoms with Crippen molar-refractivity contribution in [3.8, 4) is 0 Å². The molecule has 7 nitrogen and oxygen atoms in total. The third-order valence-corrected chi connectivity index (χ3v) is 3.69. The van der Waals surface area contributed by atoms with E-state index in [0.717, 1.165) is 17.2 Å². The highest BCUT2D eigenvalue weighted by molar-refractivity contribution is 7.99. The van der Waals surface area contributed by atoms with Crippen molar-refractivity contribution >= 4 is 35.1 Å². The number of amides is 2. The highest BCUT2D eigenvalue weighted by Crippen LogP contribution is 2.17. The van der Waals surface area contributed by atoms with Crippen LogP contribution in [0.1, 0.15) is 19.8 Å². The standard InChI is InChI=1S/C15H17N5O2S/c1-11(21)17-13-6-7-15(20-19-13)23-9-3-5-14(22)18-12-4-2-8-16-10-12/h2,4,6-8,10H,3,5,9H2,1H3,(H,18,22)(H,17,19,21). The molecular weight excluding hydrogens is 314 g/mol. The van der Waals surface area contributed by atoms with E-state index >= 15 is 0 Å². The van der Waals surface area contributed by atoms with E-state index in [1.165, 1.54) is 18.7 Å². The Morgan fingerprint density at radius 1 is 1.17 bits per heavy atom. The van der Waals surface area contributed by atoms with Crippen molar-refractivity contribution in [2.24, 2.45) is 0 Å². The number of pyridine rings is 1. The molecule has 2 rings (SSSR count). The molecule has 2 N–H and O–H groups in total. The normalized spacial score (nSPS) is 10.1. The lowest BCUT2D eigenvalue weighted by Crippen LogP contribution is -2.11. The van der Waals surface area contributed by atoms with E-state index in [1.54, 1.807) is 36.7 Å². The molecule has 0 saturated heterocycles. The van der Waals surface area contributed by atoms with Gasteiger partial charge in [-0.3, -0.25) is 14.6 Å². The van der Waals surface area contributed by atoms with Crippen molar-refractivity contribution in [1.82, 2.24) is 15.2 Å². The molecule has 8 heteroatoms. The zero-order chi connectivity index (χ0) is 16.5. The Bertz CT molecular complexity index is 649. The van der Waals surface area contributed by atoms with Crippen LogP contribution >= 0.6 is 11.8 Å². The largest absolute Gasteiger partial charge is 0.325 e. The maximum Gasteiger partial charge on any atom is 0.224 e. The first-order chi connectivity index (χ1) is 11.1. The Morgan fingerprint density at radius 3 is 2.70 bits per heavy atom. The van der Waals surface area contributed by atoms with E-state index in [1.807, 2.05) is 0 Å². The van der Waals surface area contributed by atoms with Crippen LogP contribution in [0.2, 0.25) is 0 Å². The van der Waals surface area contributed by atoms with E-state index in [4.69, 9.17) is 0 Å². The van der Waals surface area contributed by atoms with Crippen molar-refractivity contribution in [3.05, 3.63) is 36.7 Å². The van der Waals surface area contributed by atoms with Crippen molar-refractivity contribution in [1.29, 1.82) is 0 Å². The molecule has 0 radical (unpaired) electrons. The molecule has 0 aliphatic heterocycles. The van der Waals surface area contributed by atoms with E-state index in [2.05, 4.69) is 25.8 Å². The predicted octanol–water partition coefficient (Wildman–Crippen LogP) is 2.34. The van der Waals surface area contributed by atoms with Gasteiger partial charge < -0.3 is 10.6 Å². The molecule has 0 atom stereocenters. The molecule has 2 amide bonds. The number of hydrogen-bond acceptors (Lipinski definition) is 6. The second kappa shape index (κ2) is 8.84. The van der Waals surface area contributed by atoms with Gasteiger partial charge >= 0.3 is 0 Å². The first kappa shape index (κ1) is 16.9. The first-order valence-corrected chi connectivity index (χ1v) is 8.06. The quantitative estimate of drug-likeness (QED) is 0.597. The van der Waals surface area contributed by atoms with Crippen LogP contribution in [0.3, 0.4) is 0 Å². The molecule has 2 heterocycles. The van der Waals surface area contributed by atoms with Gasteiger partial charge in [0, 0.05) is 25.3 Å². The lowest BCUT2D eigenvalue weighted by Gasteiger charge is -2.04. The second-order valence-electron chi connectivity index (χ2n) is 4.68. The smallest absolute Gasteiger partial charge is 0.224 e. The van der Waals surface area contributed by atoms with Crippen molar-refractivity contribution in [2.45, 2.75) is 24.8 Å². The summed E-state index contributed by atoms with van der Waals surface area (Å²) in [4.78, 5) is 26.6.